The van der Waals surface area contributed by atoms with Crippen molar-refractivity contribution in [3.8, 4) is 23.0 Å². The summed E-state index contributed by atoms with van der Waals surface area (Å²) in [4.78, 5) is 0.332. The van der Waals surface area contributed by atoms with Crippen LogP contribution in [0, 0.1) is 0 Å². The Labute approximate surface area is 344 Å². The third kappa shape index (κ3) is 9.71. The van der Waals surface area contributed by atoms with E-state index in [4.69, 9.17) is 15.3 Å². The lowest BCUT2D eigenvalue weighted by atomic mass is 10.3. The molecule has 0 aromatic heterocycles. The Balaban J connectivity index is 0.000000154. The number of rotatable bonds is 8. The SMILES string of the molecule is O=S(=O)(c1ccc(O)cc1)c1ccc(O)cc1.O=S(=O)(c1ccc([O-])cc1)c1ccc(O)cc1.c1ccc([P+](c2ccccc2)(c2ccccc2)c2ccccc2)cc1. The van der Waals surface area contributed by atoms with E-state index < -0.39 is 26.9 Å². The van der Waals surface area contributed by atoms with Crippen molar-refractivity contribution in [3.63, 3.8) is 0 Å². The minimum absolute atomic E-state index is 0.00106. The van der Waals surface area contributed by atoms with Gasteiger partial charge in [0.1, 0.15) is 45.7 Å². The molecule has 8 rings (SSSR count). The molecule has 0 radical (unpaired) electrons. The molecule has 3 N–H and O–H groups in total. The molecule has 0 aliphatic heterocycles. The molecular weight excluding hydrogens is 800 g/mol. The summed E-state index contributed by atoms with van der Waals surface area (Å²) in [5, 5.41) is 43.7. The van der Waals surface area contributed by atoms with E-state index in [0.717, 1.165) is 0 Å². The molecule has 8 nitrogen and oxygen atoms in total. The zero-order chi connectivity index (χ0) is 41.9. The van der Waals surface area contributed by atoms with E-state index in [1.54, 1.807) is 0 Å². The molecule has 0 unspecified atom stereocenters. The Morgan fingerprint density at radius 2 is 0.508 bits per heavy atom. The lowest BCUT2D eigenvalue weighted by Gasteiger charge is -2.27. The fourth-order valence-electron chi connectivity index (χ4n) is 6.27. The summed E-state index contributed by atoms with van der Waals surface area (Å²) in [5.74, 6) is -0.224. The summed E-state index contributed by atoms with van der Waals surface area (Å²) >= 11 is 0. The van der Waals surface area contributed by atoms with Crippen LogP contribution in [0.15, 0.2) is 238 Å². The van der Waals surface area contributed by atoms with E-state index in [9.17, 15) is 21.9 Å². The van der Waals surface area contributed by atoms with Crippen LogP contribution >= 0.6 is 7.26 Å². The number of sulfone groups is 2. The molecule has 0 heterocycles. The van der Waals surface area contributed by atoms with Gasteiger partial charge in [-0.2, -0.15) is 0 Å². The normalized spacial score (nSPS) is 11.3. The van der Waals surface area contributed by atoms with Crippen molar-refractivity contribution < 1.29 is 37.3 Å². The monoisotopic (exact) mass is 838 g/mol. The van der Waals surface area contributed by atoms with Crippen LogP contribution in [0.4, 0.5) is 0 Å². The average Bonchev–Trinajstić information content (AvgIpc) is 3.27. The predicted molar refractivity (Wildman–Crippen MR) is 232 cm³/mol. The van der Waals surface area contributed by atoms with Gasteiger partial charge in [-0.05, 0) is 133 Å². The van der Waals surface area contributed by atoms with Crippen molar-refractivity contribution in [1.29, 1.82) is 0 Å². The van der Waals surface area contributed by atoms with Crippen molar-refractivity contribution in [3.05, 3.63) is 218 Å². The van der Waals surface area contributed by atoms with Crippen LogP contribution < -0.4 is 26.3 Å². The molecule has 0 bridgehead atoms. The predicted octanol–water partition coefficient (Wildman–Crippen LogP) is 7.54. The molecule has 0 aliphatic rings. The van der Waals surface area contributed by atoms with Gasteiger partial charge in [-0.3, -0.25) is 0 Å². The summed E-state index contributed by atoms with van der Waals surface area (Å²) < 4.78 is 48.3. The first kappa shape index (κ1) is 41.9. The number of hydrogen-bond acceptors (Lipinski definition) is 8. The molecule has 0 atom stereocenters. The van der Waals surface area contributed by atoms with Crippen LogP contribution in [-0.2, 0) is 19.7 Å². The molecule has 0 aliphatic carbocycles. The Hall–Kier alpha value is -6.71. The molecule has 0 fully saturated rings. The van der Waals surface area contributed by atoms with Gasteiger partial charge in [0.25, 0.3) is 0 Å². The lowest BCUT2D eigenvalue weighted by molar-refractivity contribution is -0.268. The van der Waals surface area contributed by atoms with Gasteiger partial charge in [0, 0.05) is 0 Å². The Kier molecular flexibility index (Phi) is 13.3. The van der Waals surface area contributed by atoms with Crippen LogP contribution in [0.1, 0.15) is 0 Å². The zero-order valence-corrected chi connectivity index (χ0v) is 34.0. The fraction of sp³-hybridized carbons (Fsp3) is 0. The van der Waals surface area contributed by atoms with E-state index in [1.807, 2.05) is 0 Å². The summed E-state index contributed by atoms with van der Waals surface area (Å²) in [7, 11) is -9.12. The van der Waals surface area contributed by atoms with Crippen LogP contribution in [0.25, 0.3) is 0 Å². The number of phenolic OH excluding ortho intramolecular Hbond substituents is 3. The second-order valence-electron chi connectivity index (χ2n) is 13.0. The first-order valence-electron chi connectivity index (χ1n) is 18.2. The quantitative estimate of drug-likeness (QED) is 0.133. The van der Waals surface area contributed by atoms with Gasteiger partial charge < -0.3 is 20.4 Å². The topological polar surface area (TPSA) is 152 Å². The number of benzene rings is 8. The maximum absolute atomic E-state index is 12.1. The number of hydrogen-bond donors (Lipinski definition) is 3. The minimum Gasteiger partial charge on any atom is -0.872 e. The van der Waals surface area contributed by atoms with E-state index in [1.165, 1.54) is 118 Å². The van der Waals surface area contributed by atoms with E-state index >= 15 is 0 Å². The van der Waals surface area contributed by atoms with Crippen molar-refractivity contribution in [2.45, 2.75) is 19.6 Å². The van der Waals surface area contributed by atoms with Gasteiger partial charge in [0.05, 0.1) is 19.6 Å². The number of phenols is 3. The maximum Gasteiger partial charge on any atom is 0.206 e. The Morgan fingerprint density at radius 1 is 0.305 bits per heavy atom. The second kappa shape index (κ2) is 18.7. The molecule has 8 aromatic rings. The van der Waals surface area contributed by atoms with Crippen molar-refractivity contribution in [2.24, 2.45) is 0 Å². The minimum atomic E-state index is -3.62. The number of aromatic hydroxyl groups is 3. The third-order valence-electron chi connectivity index (χ3n) is 9.15. The first-order valence-corrected chi connectivity index (χ1v) is 22.9. The molecule has 0 saturated carbocycles. The molecule has 0 amide bonds. The molecule has 296 valence electrons. The standard InChI is InChI=1S/C24H20P.2C12H10O4S/c1-5-13-21(14-6-1)25(22-15-7-2-8-16-22,23-17-9-3-10-18-23)24-19-11-4-12-20-24;2*13-9-1-5-11(6-2-9)17(15,16)12-7-3-10(14)4-8-12/h1-20H;2*1-8,13-14H/q+1;;/p-1. The molecule has 59 heavy (non-hydrogen) atoms. The average molecular weight is 839 g/mol. The van der Waals surface area contributed by atoms with Gasteiger partial charge in [0.15, 0.2) is 0 Å². The highest BCUT2D eigenvalue weighted by atomic mass is 32.2. The third-order valence-corrected chi connectivity index (χ3v) is 17.0. The van der Waals surface area contributed by atoms with Gasteiger partial charge >= 0.3 is 0 Å². The van der Waals surface area contributed by atoms with Crippen molar-refractivity contribution in [1.82, 2.24) is 0 Å². The summed E-state index contributed by atoms with van der Waals surface area (Å²) in [5.41, 5.74) is 0. The highest BCUT2D eigenvalue weighted by Gasteiger charge is 2.47. The van der Waals surface area contributed by atoms with E-state index in [2.05, 4.69) is 121 Å². The summed E-state index contributed by atoms with van der Waals surface area (Å²) in [6, 6.07) is 64.6. The van der Waals surface area contributed by atoms with Crippen molar-refractivity contribution in [2.75, 3.05) is 0 Å². The van der Waals surface area contributed by atoms with Crippen molar-refractivity contribution >= 4 is 48.2 Å². The van der Waals surface area contributed by atoms with Crippen LogP contribution in [0.5, 0.6) is 23.0 Å². The van der Waals surface area contributed by atoms with Crippen LogP contribution in [-0.4, -0.2) is 32.2 Å². The summed E-state index contributed by atoms with van der Waals surface area (Å²) in [6.07, 6.45) is 0. The largest absolute Gasteiger partial charge is 0.872 e. The molecule has 8 aromatic carbocycles. The Bertz CT molecular complexity index is 2390. The smallest absolute Gasteiger partial charge is 0.206 e. The first-order chi connectivity index (χ1) is 28.4. The van der Waals surface area contributed by atoms with E-state index in [-0.39, 0.29) is 42.6 Å². The molecule has 0 saturated heterocycles. The lowest BCUT2D eigenvalue weighted by Crippen LogP contribution is -2.38. The summed E-state index contributed by atoms with van der Waals surface area (Å²) in [6.45, 7) is 0. The molecule has 0 spiro atoms. The fourth-order valence-corrected chi connectivity index (χ4v) is 13.1. The molecular formula is C48H39O8PS2. The van der Waals surface area contributed by atoms with E-state index in [0.29, 0.717) is 0 Å². The van der Waals surface area contributed by atoms with Gasteiger partial charge in [-0.1, -0.05) is 84.9 Å². The Morgan fingerprint density at radius 3 is 0.729 bits per heavy atom. The molecule has 11 heteroatoms. The highest BCUT2D eigenvalue weighted by molar-refractivity contribution is 8.01. The van der Waals surface area contributed by atoms with Gasteiger partial charge in [0.2, 0.25) is 19.7 Å². The zero-order valence-electron chi connectivity index (χ0n) is 31.4. The van der Waals surface area contributed by atoms with Crippen LogP contribution in [0.2, 0.25) is 0 Å². The van der Waals surface area contributed by atoms with Gasteiger partial charge in [-0.25, -0.2) is 16.8 Å². The van der Waals surface area contributed by atoms with Gasteiger partial charge in [-0.15, -0.1) is 5.75 Å². The van der Waals surface area contributed by atoms with Crippen LogP contribution in [0.3, 0.4) is 0 Å². The maximum atomic E-state index is 12.1. The highest BCUT2D eigenvalue weighted by Crippen LogP contribution is 2.54. The second-order valence-corrected chi connectivity index (χ2v) is 20.3.